The highest BCUT2D eigenvalue weighted by Gasteiger charge is 2.61. The third kappa shape index (κ3) is 3.39. The van der Waals surface area contributed by atoms with Gasteiger partial charge in [-0.1, -0.05) is 0 Å². The Balaban J connectivity index is 1.92. The third-order valence-corrected chi connectivity index (χ3v) is 4.24. The van der Waals surface area contributed by atoms with Crippen LogP contribution < -0.4 is 10.1 Å². The minimum Gasteiger partial charge on any atom is -0.484 e. The molecule has 0 radical (unpaired) electrons. The minimum absolute atomic E-state index is 0.0485. The van der Waals surface area contributed by atoms with Crippen LogP contribution in [0.3, 0.4) is 0 Å². The van der Waals surface area contributed by atoms with Gasteiger partial charge in [0.2, 0.25) is 5.91 Å². The fourth-order valence-corrected chi connectivity index (χ4v) is 2.89. The number of nitrogens with one attached hydrogen (secondary N) is 2. The van der Waals surface area contributed by atoms with Crippen LogP contribution in [0.4, 0.5) is 32.2 Å². The Morgan fingerprint density at radius 3 is 2.32 bits per heavy atom. The molecule has 1 aromatic heterocycles. The SMILES string of the molecule is CC(Oc1ccc(C(F)(F)F)cc1)c1n[nH]c2c1C(O)(C(F)(F)F)CC(=O)N2. The van der Waals surface area contributed by atoms with Gasteiger partial charge in [-0.15, -0.1) is 0 Å². The second kappa shape index (κ2) is 6.40. The number of rotatable bonds is 3. The van der Waals surface area contributed by atoms with Gasteiger partial charge in [0.1, 0.15) is 23.4 Å². The lowest BCUT2D eigenvalue weighted by atomic mass is 9.85. The van der Waals surface area contributed by atoms with E-state index >= 15 is 0 Å². The summed E-state index contributed by atoms with van der Waals surface area (Å²) in [7, 11) is 0. The standard InChI is InChI=1S/C16H13F6N3O3/c1-7(28-9-4-2-8(3-5-9)15(17,18)19)12-11-13(25-24-12)23-10(26)6-14(11,27)16(20,21)22/h2-5,7,27H,6H2,1H3,(H2,23,24,25,26). The van der Waals surface area contributed by atoms with Crippen LogP contribution in [0, 0.1) is 0 Å². The van der Waals surface area contributed by atoms with Gasteiger partial charge in [-0.3, -0.25) is 9.89 Å². The average Bonchev–Trinajstić information content (AvgIpc) is 2.98. The minimum atomic E-state index is -5.17. The van der Waals surface area contributed by atoms with Gasteiger partial charge < -0.3 is 15.2 Å². The molecule has 152 valence electrons. The van der Waals surface area contributed by atoms with Crippen molar-refractivity contribution in [2.45, 2.75) is 37.4 Å². The van der Waals surface area contributed by atoms with Crippen molar-refractivity contribution in [3.63, 3.8) is 0 Å². The van der Waals surface area contributed by atoms with E-state index in [-0.39, 0.29) is 11.4 Å². The second-order valence-electron chi connectivity index (χ2n) is 6.22. The molecule has 28 heavy (non-hydrogen) atoms. The van der Waals surface area contributed by atoms with Gasteiger partial charge in [0.25, 0.3) is 0 Å². The first-order valence-electron chi connectivity index (χ1n) is 7.84. The van der Waals surface area contributed by atoms with Crippen LogP contribution >= 0.6 is 0 Å². The number of benzene rings is 1. The quantitative estimate of drug-likeness (QED) is 0.676. The van der Waals surface area contributed by atoms with E-state index in [0.29, 0.717) is 0 Å². The Morgan fingerprint density at radius 1 is 1.18 bits per heavy atom. The lowest BCUT2D eigenvalue weighted by Crippen LogP contribution is -2.48. The van der Waals surface area contributed by atoms with Crippen LogP contribution in [0.5, 0.6) is 5.75 Å². The number of carbonyl (C=O) groups is 1. The number of aliphatic hydroxyl groups is 1. The number of nitrogens with zero attached hydrogens (tertiary/aromatic N) is 1. The predicted octanol–water partition coefficient (Wildman–Crippen LogP) is 3.66. The molecule has 1 aromatic carbocycles. The van der Waals surface area contributed by atoms with Crippen molar-refractivity contribution in [3.05, 3.63) is 41.1 Å². The number of fused-ring (bicyclic) bond motifs is 1. The summed E-state index contributed by atoms with van der Waals surface area (Å²) in [5.41, 5.74) is -5.43. The maximum absolute atomic E-state index is 13.5. The molecule has 2 aromatic rings. The first-order chi connectivity index (χ1) is 12.8. The second-order valence-corrected chi connectivity index (χ2v) is 6.22. The Bertz CT molecular complexity index is 891. The summed E-state index contributed by atoms with van der Waals surface area (Å²) in [6, 6.07) is 3.54. The molecule has 2 unspecified atom stereocenters. The lowest BCUT2D eigenvalue weighted by molar-refractivity contribution is -0.267. The molecule has 1 amide bonds. The lowest BCUT2D eigenvalue weighted by Gasteiger charge is -2.34. The Labute approximate surface area is 153 Å². The van der Waals surface area contributed by atoms with Crippen molar-refractivity contribution in [1.29, 1.82) is 0 Å². The van der Waals surface area contributed by atoms with Crippen molar-refractivity contribution in [3.8, 4) is 5.75 Å². The van der Waals surface area contributed by atoms with Gasteiger partial charge in [0.05, 0.1) is 17.5 Å². The van der Waals surface area contributed by atoms with Gasteiger partial charge >= 0.3 is 12.4 Å². The third-order valence-electron chi connectivity index (χ3n) is 4.24. The molecule has 1 aliphatic rings. The number of aromatic nitrogens is 2. The average molecular weight is 409 g/mol. The normalized spacial score (nSPS) is 21.1. The topological polar surface area (TPSA) is 87.2 Å². The van der Waals surface area contributed by atoms with Crippen LogP contribution in [0.2, 0.25) is 0 Å². The molecule has 6 nitrogen and oxygen atoms in total. The molecule has 1 aliphatic heterocycles. The number of hydrogen-bond acceptors (Lipinski definition) is 4. The molecule has 0 spiro atoms. The van der Waals surface area contributed by atoms with E-state index in [9.17, 15) is 36.2 Å². The van der Waals surface area contributed by atoms with Crippen LogP contribution in [-0.4, -0.2) is 27.4 Å². The van der Waals surface area contributed by atoms with Crippen LogP contribution in [-0.2, 0) is 16.6 Å². The van der Waals surface area contributed by atoms with Crippen molar-refractivity contribution >= 4 is 11.7 Å². The van der Waals surface area contributed by atoms with Crippen LogP contribution in [0.15, 0.2) is 24.3 Å². The van der Waals surface area contributed by atoms with E-state index in [4.69, 9.17) is 4.74 Å². The Kier molecular flexibility index (Phi) is 4.57. The van der Waals surface area contributed by atoms with E-state index < -0.39 is 53.3 Å². The Morgan fingerprint density at radius 2 is 1.79 bits per heavy atom. The summed E-state index contributed by atoms with van der Waals surface area (Å²) < 4.78 is 83.6. The number of alkyl halides is 6. The summed E-state index contributed by atoms with van der Waals surface area (Å²) in [6.07, 6.45) is -12.2. The van der Waals surface area contributed by atoms with Crippen molar-refractivity contribution in [2.24, 2.45) is 0 Å². The highest BCUT2D eigenvalue weighted by atomic mass is 19.4. The van der Waals surface area contributed by atoms with E-state index in [1.54, 1.807) is 0 Å². The number of H-pyrrole nitrogens is 1. The van der Waals surface area contributed by atoms with Crippen molar-refractivity contribution in [1.82, 2.24) is 10.2 Å². The molecule has 0 saturated heterocycles. The van der Waals surface area contributed by atoms with Gasteiger partial charge in [-0.05, 0) is 31.2 Å². The van der Waals surface area contributed by atoms with E-state index in [1.165, 1.54) is 6.92 Å². The summed E-state index contributed by atoms with van der Waals surface area (Å²) in [4.78, 5) is 11.5. The number of halogens is 6. The molecule has 0 aliphatic carbocycles. The molecular formula is C16H13F6N3O3. The largest absolute Gasteiger partial charge is 0.484 e. The predicted molar refractivity (Wildman–Crippen MR) is 82.3 cm³/mol. The van der Waals surface area contributed by atoms with E-state index in [1.807, 2.05) is 0 Å². The summed E-state index contributed by atoms with van der Waals surface area (Å²) >= 11 is 0. The van der Waals surface area contributed by atoms with Gasteiger partial charge in [-0.25, -0.2) is 0 Å². The van der Waals surface area contributed by atoms with E-state index in [0.717, 1.165) is 24.3 Å². The number of carbonyl (C=O) groups excluding carboxylic acids is 1. The fraction of sp³-hybridized carbons (Fsp3) is 0.375. The molecule has 0 saturated carbocycles. The molecular weight excluding hydrogens is 396 g/mol. The zero-order valence-electron chi connectivity index (χ0n) is 14.1. The Hall–Kier alpha value is -2.76. The zero-order valence-corrected chi connectivity index (χ0v) is 14.1. The number of amides is 1. The molecule has 2 atom stereocenters. The summed E-state index contributed by atoms with van der Waals surface area (Å²) in [5, 5.41) is 18.3. The van der Waals surface area contributed by atoms with Gasteiger partial charge in [0.15, 0.2) is 5.60 Å². The number of anilines is 1. The highest BCUT2D eigenvalue weighted by molar-refractivity contribution is 5.94. The van der Waals surface area contributed by atoms with Crippen LogP contribution in [0.1, 0.15) is 36.3 Å². The number of hydrogen-bond donors (Lipinski definition) is 3. The molecule has 0 fully saturated rings. The number of aromatic amines is 1. The monoisotopic (exact) mass is 409 g/mol. The van der Waals surface area contributed by atoms with Gasteiger partial charge in [0, 0.05) is 0 Å². The van der Waals surface area contributed by atoms with E-state index in [2.05, 4.69) is 15.5 Å². The summed E-state index contributed by atoms with van der Waals surface area (Å²) in [6.45, 7) is 1.31. The molecule has 3 rings (SSSR count). The highest BCUT2D eigenvalue weighted by Crippen LogP contribution is 2.48. The first-order valence-corrected chi connectivity index (χ1v) is 7.84. The maximum Gasteiger partial charge on any atom is 0.422 e. The first kappa shape index (κ1) is 20.0. The zero-order chi connectivity index (χ0) is 20.9. The maximum atomic E-state index is 13.5. The molecule has 3 N–H and O–H groups in total. The smallest absolute Gasteiger partial charge is 0.422 e. The summed E-state index contributed by atoms with van der Waals surface area (Å²) in [5.74, 6) is -1.53. The van der Waals surface area contributed by atoms with Crippen molar-refractivity contribution < 1.29 is 41.0 Å². The fourth-order valence-electron chi connectivity index (χ4n) is 2.89. The molecule has 2 heterocycles. The molecule has 12 heteroatoms. The van der Waals surface area contributed by atoms with Gasteiger partial charge in [-0.2, -0.15) is 31.4 Å². The van der Waals surface area contributed by atoms with Crippen LogP contribution in [0.25, 0.3) is 0 Å². The van der Waals surface area contributed by atoms with Crippen molar-refractivity contribution in [2.75, 3.05) is 5.32 Å². The molecule has 0 bridgehead atoms. The number of ether oxygens (including phenoxy) is 1.